The third kappa shape index (κ3) is 3.85. The molecule has 0 fully saturated rings. The standard InChI is InChI=1S/C11H13N3O4/c1-7(8(2)15)12-11(16)13-9-3-5-10(6-4-9)14(17)18/h3-7H,1-2H3,(H2,12,13,16). The van der Waals surface area contributed by atoms with Crippen molar-refractivity contribution in [1.29, 1.82) is 0 Å². The number of carbonyl (C=O) groups excluding carboxylic acids is 2. The van der Waals surface area contributed by atoms with Gasteiger partial charge in [0.1, 0.15) is 0 Å². The van der Waals surface area contributed by atoms with Gasteiger partial charge in [-0.3, -0.25) is 14.9 Å². The van der Waals surface area contributed by atoms with Crippen LogP contribution in [0, 0.1) is 10.1 Å². The normalized spacial score (nSPS) is 11.4. The molecule has 0 aliphatic carbocycles. The second-order valence-corrected chi connectivity index (χ2v) is 3.73. The Morgan fingerprint density at radius 1 is 1.28 bits per heavy atom. The Morgan fingerprint density at radius 2 is 1.83 bits per heavy atom. The van der Waals surface area contributed by atoms with E-state index < -0.39 is 17.0 Å². The number of non-ortho nitro benzene ring substituents is 1. The van der Waals surface area contributed by atoms with Crippen molar-refractivity contribution in [2.45, 2.75) is 19.9 Å². The van der Waals surface area contributed by atoms with Gasteiger partial charge < -0.3 is 10.6 Å². The van der Waals surface area contributed by atoms with E-state index in [1.54, 1.807) is 6.92 Å². The molecule has 7 nitrogen and oxygen atoms in total. The lowest BCUT2D eigenvalue weighted by atomic mass is 10.2. The number of anilines is 1. The van der Waals surface area contributed by atoms with Gasteiger partial charge in [0.05, 0.1) is 11.0 Å². The molecule has 2 N–H and O–H groups in total. The van der Waals surface area contributed by atoms with Gasteiger partial charge in [0, 0.05) is 17.8 Å². The lowest BCUT2D eigenvalue weighted by Gasteiger charge is -2.11. The number of ketones is 1. The van der Waals surface area contributed by atoms with Crippen molar-refractivity contribution in [3.63, 3.8) is 0 Å². The predicted molar refractivity (Wildman–Crippen MR) is 65.4 cm³/mol. The van der Waals surface area contributed by atoms with Crippen LogP contribution in [0.5, 0.6) is 0 Å². The van der Waals surface area contributed by atoms with E-state index in [2.05, 4.69) is 10.6 Å². The second-order valence-electron chi connectivity index (χ2n) is 3.73. The van der Waals surface area contributed by atoms with Crippen molar-refractivity contribution in [3.8, 4) is 0 Å². The zero-order valence-corrected chi connectivity index (χ0v) is 9.97. The molecule has 1 aromatic rings. The quantitative estimate of drug-likeness (QED) is 0.628. The second kappa shape index (κ2) is 5.76. The SMILES string of the molecule is CC(=O)C(C)NC(=O)Nc1ccc([N+](=O)[O-])cc1. The molecule has 0 aromatic heterocycles. The molecule has 0 aliphatic heterocycles. The van der Waals surface area contributed by atoms with Crippen molar-refractivity contribution < 1.29 is 14.5 Å². The molecule has 0 radical (unpaired) electrons. The first-order chi connectivity index (χ1) is 8.40. The summed E-state index contributed by atoms with van der Waals surface area (Å²) in [5.74, 6) is -0.158. The summed E-state index contributed by atoms with van der Waals surface area (Å²) in [7, 11) is 0. The van der Waals surface area contributed by atoms with Gasteiger partial charge in [-0.1, -0.05) is 0 Å². The number of nitro groups is 1. The molecule has 0 saturated heterocycles. The van der Waals surface area contributed by atoms with Crippen LogP contribution in [0.15, 0.2) is 24.3 Å². The van der Waals surface area contributed by atoms with Crippen LogP contribution in [0.1, 0.15) is 13.8 Å². The zero-order chi connectivity index (χ0) is 13.7. The fourth-order valence-electron chi connectivity index (χ4n) is 1.13. The van der Waals surface area contributed by atoms with Crippen molar-refractivity contribution >= 4 is 23.2 Å². The third-order valence-corrected chi connectivity index (χ3v) is 2.29. The molecule has 1 rings (SSSR count). The lowest BCUT2D eigenvalue weighted by Crippen LogP contribution is -2.39. The molecule has 18 heavy (non-hydrogen) atoms. The summed E-state index contributed by atoms with van der Waals surface area (Å²) < 4.78 is 0. The highest BCUT2D eigenvalue weighted by Crippen LogP contribution is 2.15. The van der Waals surface area contributed by atoms with Gasteiger partial charge in [-0.25, -0.2) is 4.79 Å². The molecule has 0 aliphatic rings. The fourth-order valence-corrected chi connectivity index (χ4v) is 1.13. The maximum atomic E-state index is 11.4. The lowest BCUT2D eigenvalue weighted by molar-refractivity contribution is -0.384. The first-order valence-electron chi connectivity index (χ1n) is 5.22. The molecule has 1 aromatic carbocycles. The Kier molecular flexibility index (Phi) is 4.36. The smallest absolute Gasteiger partial charge is 0.319 e. The topological polar surface area (TPSA) is 101 Å². The number of carbonyl (C=O) groups is 2. The number of hydrogen-bond acceptors (Lipinski definition) is 4. The highest BCUT2D eigenvalue weighted by molar-refractivity contribution is 5.93. The van der Waals surface area contributed by atoms with Crippen LogP contribution >= 0.6 is 0 Å². The van der Waals surface area contributed by atoms with Crippen LogP contribution in [0.3, 0.4) is 0 Å². The molecule has 0 heterocycles. The van der Waals surface area contributed by atoms with E-state index in [1.165, 1.54) is 31.2 Å². The van der Waals surface area contributed by atoms with Gasteiger partial charge >= 0.3 is 6.03 Å². The molecule has 2 amide bonds. The number of urea groups is 1. The summed E-state index contributed by atoms with van der Waals surface area (Å²) in [6, 6.07) is 4.27. The summed E-state index contributed by atoms with van der Waals surface area (Å²) in [4.78, 5) is 32.3. The van der Waals surface area contributed by atoms with Crippen LogP contribution in [0.25, 0.3) is 0 Å². The van der Waals surface area contributed by atoms with Crippen LogP contribution in [0.2, 0.25) is 0 Å². The molecular weight excluding hydrogens is 238 g/mol. The Labute approximate surface area is 103 Å². The first-order valence-corrected chi connectivity index (χ1v) is 5.22. The van der Waals surface area contributed by atoms with Crippen LogP contribution < -0.4 is 10.6 Å². The summed E-state index contributed by atoms with van der Waals surface area (Å²) in [6.07, 6.45) is 0. The monoisotopic (exact) mass is 251 g/mol. The molecule has 7 heteroatoms. The minimum Gasteiger partial charge on any atom is -0.328 e. The third-order valence-electron chi connectivity index (χ3n) is 2.29. The summed E-state index contributed by atoms with van der Waals surface area (Å²) in [5.41, 5.74) is 0.354. The van der Waals surface area contributed by atoms with E-state index in [1.807, 2.05) is 0 Å². The summed E-state index contributed by atoms with van der Waals surface area (Å²) in [5, 5.41) is 15.3. The Balaban J connectivity index is 2.60. The van der Waals surface area contributed by atoms with Gasteiger partial charge in [-0.05, 0) is 26.0 Å². The van der Waals surface area contributed by atoms with Crippen molar-refractivity contribution in [2.75, 3.05) is 5.32 Å². The Bertz CT molecular complexity index is 470. The average Bonchev–Trinajstić information content (AvgIpc) is 2.29. The van der Waals surface area contributed by atoms with Crippen molar-refractivity contribution in [3.05, 3.63) is 34.4 Å². The number of rotatable bonds is 4. The van der Waals surface area contributed by atoms with Crippen LogP contribution in [-0.2, 0) is 4.79 Å². The zero-order valence-electron chi connectivity index (χ0n) is 9.97. The van der Waals surface area contributed by atoms with E-state index in [0.29, 0.717) is 5.69 Å². The Morgan fingerprint density at radius 3 is 2.28 bits per heavy atom. The number of nitrogens with zero attached hydrogens (tertiary/aromatic N) is 1. The van der Waals surface area contributed by atoms with Crippen LogP contribution in [0.4, 0.5) is 16.2 Å². The van der Waals surface area contributed by atoms with Gasteiger partial charge in [-0.15, -0.1) is 0 Å². The maximum Gasteiger partial charge on any atom is 0.319 e. The van der Waals surface area contributed by atoms with E-state index in [9.17, 15) is 19.7 Å². The molecular formula is C11H13N3O4. The summed E-state index contributed by atoms with van der Waals surface area (Å²) >= 11 is 0. The molecule has 0 spiro atoms. The van der Waals surface area contributed by atoms with Crippen LogP contribution in [-0.4, -0.2) is 22.8 Å². The van der Waals surface area contributed by atoms with E-state index >= 15 is 0 Å². The molecule has 1 unspecified atom stereocenters. The molecule has 0 saturated carbocycles. The Hall–Kier alpha value is -2.44. The number of amides is 2. The van der Waals surface area contributed by atoms with Gasteiger partial charge in [0.2, 0.25) is 0 Å². The molecule has 0 bridgehead atoms. The van der Waals surface area contributed by atoms with Gasteiger partial charge in [-0.2, -0.15) is 0 Å². The maximum absolute atomic E-state index is 11.4. The largest absolute Gasteiger partial charge is 0.328 e. The average molecular weight is 251 g/mol. The van der Waals surface area contributed by atoms with Crippen molar-refractivity contribution in [1.82, 2.24) is 5.32 Å². The molecule has 96 valence electrons. The number of hydrogen-bond donors (Lipinski definition) is 2. The summed E-state index contributed by atoms with van der Waals surface area (Å²) in [6.45, 7) is 2.94. The fraction of sp³-hybridized carbons (Fsp3) is 0.273. The minimum absolute atomic E-state index is 0.0573. The van der Waals surface area contributed by atoms with Crippen molar-refractivity contribution in [2.24, 2.45) is 0 Å². The van der Waals surface area contributed by atoms with E-state index in [4.69, 9.17) is 0 Å². The predicted octanol–water partition coefficient (Wildman–Crippen LogP) is 1.69. The number of nitrogens with one attached hydrogen (secondary N) is 2. The first kappa shape index (κ1) is 13.6. The van der Waals surface area contributed by atoms with E-state index in [-0.39, 0.29) is 11.5 Å². The highest BCUT2D eigenvalue weighted by atomic mass is 16.6. The number of Topliss-reactive ketones (excluding diaryl/α,β-unsaturated/α-hetero) is 1. The van der Waals surface area contributed by atoms with E-state index in [0.717, 1.165) is 0 Å². The van der Waals surface area contributed by atoms with Gasteiger partial charge in [0.15, 0.2) is 5.78 Å². The molecule has 1 atom stereocenters. The number of benzene rings is 1. The highest BCUT2D eigenvalue weighted by Gasteiger charge is 2.11. The van der Waals surface area contributed by atoms with Gasteiger partial charge in [0.25, 0.3) is 5.69 Å². The minimum atomic E-state index is -0.581. The number of nitro benzene ring substituents is 1.